The molecule has 4 heteroatoms. The molecule has 0 heterocycles. The average molecular weight is 153 g/mol. The molecule has 1 aromatic carbocycles. The smallest absolute Gasteiger partial charge is 0.429 e. The highest BCUT2D eigenvalue weighted by Gasteiger charge is 1.81. The molecule has 3 N–H and O–H groups in total. The van der Waals surface area contributed by atoms with Gasteiger partial charge in [-0.2, -0.15) is 0 Å². The fourth-order valence-corrected chi connectivity index (χ4v) is 0.583. The number of aliphatic hydroxyl groups excluding tert-OH is 1. The summed E-state index contributed by atoms with van der Waals surface area (Å²) < 4.78 is 0. The van der Waals surface area contributed by atoms with Crippen LogP contribution in [0.15, 0.2) is 30.3 Å². The zero-order valence-corrected chi connectivity index (χ0v) is 6.01. The highest BCUT2D eigenvalue weighted by Crippen LogP contribution is 1.95. The van der Waals surface area contributed by atoms with Gasteiger partial charge in [0.1, 0.15) is 0 Å². The van der Waals surface area contributed by atoms with Crippen molar-refractivity contribution in [2.75, 3.05) is 0 Å². The molecule has 1 aromatic rings. The standard InChI is InChI=1S/C7H8O.BH2O2/c8-6-7-4-2-1-3-5-7;2-1-3/h1-5,8H,6H2;2-3H. The first-order valence-electron chi connectivity index (χ1n) is 3.10. The van der Waals surface area contributed by atoms with Crippen LogP contribution < -0.4 is 0 Å². The van der Waals surface area contributed by atoms with Crippen LogP contribution in [-0.2, 0) is 6.61 Å². The van der Waals surface area contributed by atoms with E-state index in [2.05, 4.69) is 0 Å². The molecule has 0 aliphatic rings. The van der Waals surface area contributed by atoms with Crippen LogP contribution in [0.3, 0.4) is 0 Å². The minimum Gasteiger partial charge on any atom is -0.429 e. The average Bonchev–Trinajstić information content (AvgIpc) is 2.08. The van der Waals surface area contributed by atoms with Gasteiger partial charge >= 0.3 is 7.69 Å². The monoisotopic (exact) mass is 153 g/mol. The Balaban J connectivity index is 0.000000292. The molecule has 0 aliphatic heterocycles. The molecule has 1 rings (SSSR count). The van der Waals surface area contributed by atoms with Gasteiger partial charge in [0.25, 0.3) is 0 Å². The third-order valence-electron chi connectivity index (χ3n) is 1.03. The van der Waals surface area contributed by atoms with E-state index in [1.54, 1.807) is 0 Å². The van der Waals surface area contributed by atoms with E-state index in [9.17, 15) is 0 Å². The van der Waals surface area contributed by atoms with Gasteiger partial charge in [0.15, 0.2) is 0 Å². The zero-order chi connectivity index (χ0) is 8.53. The fraction of sp³-hybridized carbons (Fsp3) is 0.143. The summed E-state index contributed by atoms with van der Waals surface area (Å²) in [7, 11) is 0. The Kier molecular flexibility index (Phi) is 6.72. The molecule has 0 unspecified atom stereocenters. The van der Waals surface area contributed by atoms with Crippen molar-refractivity contribution in [2.45, 2.75) is 6.61 Å². The Morgan fingerprint density at radius 1 is 1.09 bits per heavy atom. The number of benzene rings is 1. The van der Waals surface area contributed by atoms with Crippen molar-refractivity contribution in [1.82, 2.24) is 0 Å². The Morgan fingerprint density at radius 2 is 1.55 bits per heavy atom. The van der Waals surface area contributed by atoms with Crippen molar-refractivity contribution in [1.29, 1.82) is 0 Å². The van der Waals surface area contributed by atoms with E-state index in [-0.39, 0.29) is 14.3 Å². The molecule has 0 saturated carbocycles. The van der Waals surface area contributed by atoms with Crippen LogP contribution in [0.2, 0.25) is 0 Å². The third kappa shape index (κ3) is 5.60. The van der Waals surface area contributed by atoms with Crippen molar-refractivity contribution in [2.24, 2.45) is 0 Å². The molecular formula is C7H10BO3. The van der Waals surface area contributed by atoms with Crippen LogP contribution in [-0.4, -0.2) is 22.8 Å². The van der Waals surface area contributed by atoms with E-state index in [0.29, 0.717) is 0 Å². The lowest BCUT2D eigenvalue weighted by Gasteiger charge is -1.89. The molecular weight excluding hydrogens is 143 g/mol. The van der Waals surface area contributed by atoms with E-state index in [4.69, 9.17) is 15.2 Å². The predicted molar refractivity (Wildman–Crippen MR) is 42.6 cm³/mol. The molecule has 11 heavy (non-hydrogen) atoms. The maximum absolute atomic E-state index is 8.54. The minimum absolute atomic E-state index is 0. The summed E-state index contributed by atoms with van der Waals surface area (Å²) in [5.41, 5.74) is 0.965. The Labute approximate surface area is 66.2 Å². The molecule has 0 fully saturated rings. The lowest BCUT2D eigenvalue weighted by molar-refractivity contribution is 0.282. The van der Waals surface area contributed by atoms with Gasteiger partial charge in [-0.05, 0) is 5.56 Å². The quantitative estimate of drug-likeness (QED) is 0.484. The summed E-state index contributed by atoms with van der Waals surface area (Å²) >= 11 is 0. The lowest BCUT2D eigenvalue weighted by atomic mass is 10.2. The van der Waals surface area contributed by atoms with Gasteiger partial charge in [0.05, 0.1) is 6.61 Å². The van der Waals surface area contributed by atoms with Crippen molar-refractivity contribution >= 4 is 7.69 Å². The Morgan fingerprint density at radius 3 is 1.82 bits per heavy atom. The lowest BCUT2D eigenvalue weighted by Crippen LogP contribution is -1.77. The molecule has 59 valence electrons. The van der Waals surface area contributed by atoms with Crippen LogP contribution >= 0.6 is 0 Å². The van der Waals surface area contributed by atoms with Gasteiger partial charge < -0.3 is 15.2 Å². The SMILES string of the molecule is OCc1ccccc1.O[B]O. The summed E-state index contributed by atoms with van der Waals surface area (Å²) in [5.74, 6) is 0. The highest BCUT2D eigenvalue weighted by molar-refractivity contribution is 6.13. The first-order valence-corrected chi connectivity index (χ1v) is 3.10. The number of rotatable bonds is 1. The summed E-state index contributed by atoms with van der Waals surface area (Å²) in [6.07, 6.45) is 0. The number of hydrogen-bond acceptors (Lipinski definition) is 3. The largest absolute Gasteiger partial charge is 0.482 e. The normalized spacial score (nSPS) is 7.91. The molecule has 0 spiro atoms. The van der Waals surface area contributed by atoms with Gasteiger partial charge in [0.2, 0.25) is 0 Å². The van der Waals surface area contributed by atoms with E-state index in [0.717, 1.165) is 5.56 Å². The molecule has 0 bridgehead atoms. The molecule has 3 nitrogen and oxygen atoms in total. The molecule has 0 amide bonds. The maximum Gasteiger partial charge on any atom is 0.482 e. The van der Waals surface area contributed by atoms with Crippen LogP contribution in [0.1, 0.15) is 5.56 Å². The van der Waals surface area contributed by atoms with Crippen LogP contribution in [0.25, 0.3) is 0 Å². The number of aliphatic hydroxyl groups is 1. The van der Waals surface area contributed by atoms with Gasteiger partial charge in [-0.25, -0.2) is 0 Å². The second-order valence-electron chi connectivity index (χ2n) is 1.76. The van der Waals surface area contributed by atoms with Crippen LogP contribution in [0.5, 0.6) is 0 Å². The summed E-state index contributed by atoms with van der Waals surface area (Å²) in [4.78, 5) is 0. The van der Waals surface area contributed by atoms with Crippen LogP contribution in [0.4, 0.5) is 0 Å². The summed E-state index contributed by atoms with van der Waals surface area (Å²) in [6, 6.07) is 9.52. The van der Waals surface area contributed by atoms with Gasteiger partial charge in [-0.3, -0.25) is 0 Å². The molecule has 0 aliphatic carbocycles. The fourth-order valence-electron chi connectivity index (χ4n) is 0.583. The van der Waals surface area contributed by atoms with Gasteiger partial charge in [-0.1, -0.05) is 30.3 Å². The van der Waals surface area contributed by atoms with Crippen molar-refractivity contribution in [3.63, 3.8) is 0 Å². The summed E-state index contributed by atoms with van der Waals surface area (Å²) in [5, 5.41) is 22.5. The van der Waals surface area contributed by atoms with E-state index in [1.165, 1.54) is 0 Å². The second-order valence-corrected chi connectivity index (χ2v) is 1.76. The molecule has 0 saturated heterocycles. The number of hydrogen-bond donors (Lipinski definition) is 3. The highest BCUT2D eigenvalue weighted by atomic mass is 16.4. The van der Waals surface area contributed by atoms with Gasteiger partial charge in [0, 0.05) is 0 Å². The third-order valence-corrected chi connectivity index (χ3v) is 1.03. The zero-order valence-electron chi connectivity index (χ0n) is 6.01. The van der Waals surface area contributed by atoms with E-state index < -0.39 is 0 Å². The van der Waals surface area contributed by atoms with Crippen LogP contribution in [0, 0.1) is 0 Å². The first-order chi connectivity index (χ1) is 5.35. The van der Waals surface area contributed by atoms with Crippen molar-refractivity contribution in [3.05, 3.63) is 35.9 Å². The molecule has 1 radical (unpaired) electrons. The Hall–Kier alpha value is -0.835. The predicted octanol–water partition coefficient (Wildman–Crippen LogP) is -0.316. The Bertz CT molecular complexity index is 167. The summed E-state index contributed by atoms with van der Waals surface area (Å²) in [6.45, 7) is 0.140. The molecule has 0 atom stereocenters. The first kappa shape index (κ1) is 10.2. The van der Waals surface area contributed by atoms with E-state index >= 15 is 0 Å². The van der Waals surface area contributed by atoms with Crippen molar-refractivity contribution in [3.8, 4) is 0 Å². The maximum atomic E-state index is 8.54. The second kappa shape index (κ2) is 7.27. The molecule has 0 aromatic heterocycles. The van der Waals surface area contributed by atoms with Crippen molar-refractivity contribution < 1.29 is 15.2 Å². The van der Waals surface area contributed by atoms with E-state index in [1.807, 2.05) is 30.3 Å². The van der Waals surface area contributed by atoms with Gasteiger partial charge in [-0.15, -0.1) is 0 Å². The minimum atomic E-state index is 0. The topological polar surface area (TPSA) is 60.7 Å².